The average molecular weight is 547 g/mol. The van der Waals surface area contributed by atoms with Crippen molar-refractivity contribution >= 4 is 22.0 Å². The van der Waals surface area contributed by atoms with Crippen molar-refractivity contribution in [3.05, 3.63) is 53.6 Å². The van der Waals surface area contributed by atoms with Gasteiger partial charge in [0.1, 0.15) is 11.9 Å². The molecule has 13 heteroatoms. The van der Waals surface area contributed by atoms with Crippen LogP contribution in [-0.2, 0) is 26.3 Å². The van der Waals surface area contributed by atoms with Crippen LogP contribution in [0.15, 0.2) is 42.5 Å². The first-order valence-electron chi connectivity index (χ1n) is 12.3. The molecule has 0 saturated carbocycles. The topological polar surface area (TPSA) is 136 Å². The van der Waals surface area contributed by atoms with Crippen molar-refractivity contribution in [3.63, 3.8) is 0 Å². The Labute approximate surface area is 221 Å². The van der Waals surface area contributed by atoms with Gasteiger partial charge < -0.3 is 29.6 Å². The number of nitrogens with one attached hydrogen (secondary N) is 2. The summed E-state index contributed by atoms with van der Waals surface area (Å²) in [5, 5.41) is 5.72. The zero-order valence-electron chi connectivity index (χ0n) is 20.9. The molecule has 0 radical (unpaired) electrons. The number of hydrogen-bond donors (Lipinski definition) is 2. The second-order valence-corrected chi connectivity index (χ2v) is 11.1. The highest BCUT2D eigenvalue weighted by atomic mass is 32.2. The van der Waals surface area contributed by atoms with Crippen LogP contribution >= 0.6 is 0 Å². The summed E-state index contributed by atoms with van der Waals surface area (Å²) >= 11 is 0. The van der Waals surface area contributed by atoms with Gasteiger partial charge in [0, 0.05) is 31.7 Å². The lowest BCUT2D eigenvalue weighted by Gasteiger charge is -2.30. The van der Waals surface area contributed by atoms with E-state index in [2.05, 4.69) is 10.6 Å². The SMILES string of the molecule is COc1ccc2cc1OCC(=O)NCc1ccc(cc1)O[C@H]1CN(S(=O)(=O)N3CCOCC3)C[C@@H]1NC2=O. The smallest absolute Gasteiger partial charge is 0.282 e. The molecule has 0 unspecified atom stereocenters. The van der Waals surface area contributed by atoms with E-state index in [4.69, 9.17) is 18.9 Å². The van der Waals surface area contributed by atoms with E-state index in [1.807, 2.05) is 12.1 Å². The van der Waals surface area contributed by atoms with E-state index >= 15 is 0 Å². The van der Waals surface area contributed by atoms with E-state index < -0.39 is 28.3 Å². The Bertz CT molecular complexity index is 1280. The summed E-state index contributed by atoms with van der Waals surface area (Å²) in [6.07, 6.45) is -0.634. The van der Waals surface area contributed by atoms with Crippen LogP contribution < -0.4 is 24.8 Å². The fourth-order valence-electron chi connectivity index (χ4n) is 4.56. The standard InChI is InChI=1S/C25H30N4O8S/c1-34-21-7-4-18-12-22(21)36-16-24(30)26-13-17-2-5-19(6-3-17)37-23-15-29(14-20(23)27-25(18)31)38(32,33)28-8-10-35-11-9-28/h2-7,12,20,23H,8-11,13-16H2,1H3,(H,26,30)(H,27,31)/t20-,23-/m0/s1. The molecule has 2 aromatic rings. The number of morpholine rings is 1. The number of rotatable bonds is 3. The largest absolute Gasteiger partial charge is 0.493 e. The average Bonchev–Trinajstić information content (AvgIpc) is 3.34. The summed E-state index contributed by atoms with van der Waals surface area (Å²) in [7, 11) is -2.31. The highest BCUT2D eigenvalue weighted by molar-refractivity contribution is 7.86. The molecule has 2 amide bonds. The maximum Gasteiger partial charge on any atom is 0.282 e. The molecular weight excluding hydrogens is 516 g/mol. The van der Waals surface area contributed by atoms with E-state index in [0.29, 0.717) is 24.7 Å². The van der Waals surface area contributed by atoms with Crippen LogP contribution in [0.5, 0.6) is 17.2 Å². The molecule has 12 nitrogen and oxygen atoms in total. The number of methoxy groups -OCH3 is 1. The fourth-order valence-corrected chi connectivity index (χ4v) is 6.19. The van der Waals surface area contributed by atoms with Gasteiger partial charge in [-0.25, -0.2) is 0 Å². The summed E-state index contributed by atoms with van der Waals surface area (Å²) in [5.41, 5.74) is 1.12. The Balaban J connectivity index is 1.44. The lowest BCUT2D eigenvalue weighted by Crippen LogP contribution is -2.48. The Hall–Kier alpha value is -3.39. The summed E-state index contributed by atoms with van der Waals surface area (Å²) in [5.74, 6) is 0.356. The first-order chi connectivity index (χ1) is 18.3. The van der Waals surface area contributed by atoms with Crippen molar-refractivity contribution in [1.82, 2.24) is 19.2 Å². The second kappa shape index (κ2) is 11.2. The Kier molecular flexibility index (Phi) is 7.70. The van der Waals surface area contributed by atoms with E-state index in [-0.39, 0.29) is 56.6 Å². The van der Waals surface area contributed by atoms with Crippen molar-refractivity contribution in [2.24, 2.45) is 0 Å². The minimum Gasteiger partial charge on any atom is -0.493 e. The first kappa shape index (κ1) is 26.2. The third-order valence-corrected chi connectivity index (χ3v) is 8.63. The number of carbonyl (C=O) groups excluding carboxylic acids is 2. The molecule has 4 aliphatic rings. The quantitative estimate of drug-likeness (QED) is 0.555. The fraction of sp³-hybridized carbons (Fsp3) is 0.440. The molecule has 4 heterocycles. The van der Waals surface area contributed by atoms with Crippen LogP contribution in [0, 0.1) is 0 Å². The van der Waals surface area contributed by atoms with Gasteiger partial charge in [-0.15, -0.1) is 0 Å². The molecule has 2 fully saturated rings. The molecule has 6 rings (SSSR count). The molecule has 4 bridgehead atoms. The molecule has 2 atom stereocenters. The van der Waals surface area contributed by atoms with Gasteiger partial charge in [0.05, 0.1) is 32.9 Å². The van der Waals surface area contributed by atoms with Gasteiger partial charge in [-0.3, -0.25) is 9.59 Å². The minimum absolute atomic E-state index is 0.0477. The molecule has 2 N–H and O–H groups in total. The zero-order chi connectivity index (χ0) is 26.7. The predicted octanol–water partition coefficient (Wildman–Crippen LogP) is 0.142. The summed E-state index contributed by atoms with van der Waals surface area (Å²) < 4.78 is 51.9. The zero-order valence-corrected chi connectivity index (χ0v) is 21.7. The van der Waals surface area contributed by atoms with E-state index in [1.165, 1.54) is 21.8 Å². The van der Waals surface area contributed by atoms with Crippen molar-refractivity contribution in [2.45, 2.75) is 18.7 Å². The molecule has 0 spiro atoms. The van der Waals surface area contributed by atoms with E-state index in [9.17, 15) is 18.0 Å². The van der Waals surface area contributed by atoms with Crippen molar-refractivity contribution < 1.29 is 37.0 Å². The molecule has 4 aliphatic heterocycles. The molecule has 204 valence electrons. The maximum absolute atomic E-state index is 13.4. The maximum atomic E-state index is 13.4. The third kappa shape index (κ3) is 5.70. The van der Waals surface area contributed by atoms with Gasteiger partial charge >= 0.3 is 0 Å². The normalized spacial score (nSPS) is 23.4. The number of nitrogens with zero attached hydrogens (tertiary/aromatic N) is 2. The molecule has 2 aromatic carbocycles. The van der Waals surface area contributed by atoms with Crippen LogP contribution in [-0.4, -0.2) is 94.1 Å². The number of fused-ring (bicyclic) bond motifs is 7. The van der Waals surface area contributed by atoms with E-state index in [1.54, 1.807) is 24.3 Å². The number of amides is 2. The van der Waals surface area contributed by atoms with Crippen molar-refractivity contribution in [1.29, 1.82) is 0 Å². The Morgan fingerprint density at radius 1 is 1.00 bits per heavy atom. The lowest BCUT2D eigenvalue weighted by molar-refractivity contribution is -0.123. The Morgan fingerprint density at radius 2 is 1.76 bits per heavy atom. The first-order valence-corrected chi connectivity index (χ1v) is 13.7. The van der Waals surface area contributed by atoms with E-state index in [0.717, 1.165) is 5.56 Å². The molecular formula is C25H30N4O8S. The third-order valence-electron chi connectivity index (χ3n) is 6.66. The summed E-state index contributed by atoms with van der Waals surface area (Å²) in [6.45, 7) is 1.36. The molecule has 2 saturated heterocycles. The van der Waals surface area contributed by atoms with Crippen LogP contribution in [0.2, 0.25) is 0 Å². The second-order valence-electron chi connectivity index (χ2n) is 9.15. The van der Waals surface area contributed by atoms with Crippen molar-refractivity contribution in [3.8, 4) is 17.2 Å². The van der Waals surface area contributed by atoms with Gasteiger partial charge in [0.15, 0.2) is 18.1 Å². The number of benzene rings is 2. The van der Waals surface area contributed by atoms with Crippen LogP contribution in [0.1, 0.15) is 15.9 Å². The van der Waals surface area contributed by atoms with Crippen LogP contribution in [0.25, 0.3) is 0 Å². The summed E-state index contributed by atoms with van der Waals surface area (Å²) in [6, 6.07) is 11.1. The monoisotopic (exact) mass is 546 g/mol. The van der Waals surface area contributed by atoms with Gasteiger partial charge in [-0.05, 0) is 35.9 Å². The van der Waals surface area contributed by atoms with Crippen molar-refractivity contribution in [2.75, 3.05) is 53.1 Å². The highest BCUT2D eigenvalue weighted by Crippen LogP contribution is 2.29. The molecule has 0 aromatic heterocycles. The Morgan fingerprint density at radius 3 is 2.50 bits per heavy atom. The van der Waals surface area contributed by atoms with Gasteiger partial charge in [0.25, 0.3) is 22.0 Å². The molecule has 0 aliphatic carbocycles. The number of carbonyl (C=O) groups is 2. The minimum atomic E-state index is -3.77. The number of hydrogen-bond acceptors (Lipinski definition) is 8. The van der Waals surface area contributed by atoms with Gasteiger partial charge in [-0.1, -0.05) is 12.1 Å². The highest BCUT2D eigenvalue weighted by Gasteiger charge is 2.43. The number of ether oxygens (including phenoxy) is 4. The summed E-state index contributed by atoms with van der Waals surface area (Å²) in [4.78, 5) is 25.6. The molecule has 38 heavy (non-hydrogen) atoms. The van der Waals surface area contributed by atoms with Gasteiger partial charge in [0.2, 0.25) is 0 Å². The van der Waals surface area contributed by atoms with Crippen LogP contribution in [0.4, 0.5) is 0 Å². The van der Waals surface area contributed by atoms with Gasteiger partial charge in [-0.2, -0.15) is 17.0 Å². The predicted molar refractivity (Wildman–Crippen MR) is 135 cm³/mol. The van der Waals surface area contributed by atoms with Crippen LogP contribution in [0.3, 0.4) is 0 Å². The lowest BCUT2D eigenvalue weighted by atomic mass is 10.1.